The van der Waals surface area contributed by atoms with Crippen LogP contribution in [-0.2, 0) is 19.1 Å². The number of nitrogens with one attached hydrogen (secondary N) is 1. The van der Waals surface area contributed by atoms with Gasteiger partial charge in [-0.05, 0) is 12.1 Å². The van der Waals surface area contributed by atoms with Crippen LogP contribution in [0.15, 0.2) is 30.3 Å². The molecule has 1 aromatic rings. The highest BCUT2D eigenvalue weighted by Crippen LogP contribution is 2.16. The Kier molecular flexibility index (Phi) is 4.38. The van der Waals surface area contributed by atoms with Gasteiger partial charge < -0.3 is 14.8 Å². The fraction of sp³-hybridized carbons (Fsp3) is 0.333. The first kappa shape index (κ1) is 14.1. The van der Waals surface area contributed by atoms with Gasteiger partial charge in [0.05, 0.1) is 0 Å². The second-order valence-electron chi connectivity index (χ2n) is 4.36. The third-order valence-corrected chi connectivity index (χ3v) is 2.90. The number of ether oxygens (including phenoxy) is 2. The number of hydrogen-bond acceptors (Lipinski definition) is 4. The van der Waals surface area contributed by atoms with Gasteiger partial charge in [-0.25, -0.2) is 0 Å². The minimum Gasteiger partial charge on any atom is -0.447 e. The quantitative estimate of drug-likeness (QED) is 0.494. The second-order valence-corrected chi connectivity index (χ2v) is 4.36. The van der Waals surface area contributed by atoms with E-state index in [0.717, 1.165) is 5.56 Å². The lowest BCUT2D eigenvalue weighted by Crippen LogP contribution is -2.68. The number of β-lactam (4-membered cyclic amide) rings is 1. The molecule has 1 aliphatic rings. The summed E-state index contributed by atoms with van der Waals surface area (Å²) in [6.45, 7) is 1.31. The molecule has 1 aromatic carbocycles. The molecule has 1 saturated heterocycles. The van der Waals surface area contributed by atoms with Crippen molar-refractivity contribution in [3.63, 3.8) is 0 Å². The average molecular weight is 273 g/mol. The minimum atomic E-state index is -0.727. The van der Waals surface area contributed by atoms with Crippen molar-refractivity contribution >= 4 is 11.9 Å². The van der Waals surface area contributed by atoms with Crippen LogP contribution in [0.1, 0.15) is 12.5 Å². The molecule has 5 heteroatoms. The zero-order valence-corrected chi connectivity index (χ0v) is 11.3. The molecular formula is C15H15NO4. The van der Waals surface area contributed by atoms with Crippen molar-refractivity contribution in [3.8, 4) is 11.8 Å². The zero-order valence-electron chi connectivity index (χ0n) is 11.3. The molecule has 20 heavy (non-hydrogen) atoms. The number of hydrogen-bond donors (Lipinski definition) is 1. The fourth-order valence-corrected chi connectivity index (χ4v) is 1.92. The van der Waals surface area contributed by atoms with Gasteiger partial charge in [0, 0.05) is 19.6 Å². The molecule has 0 aromatic heterocycles. The van der Waals surface area contributed by atoms with Crippen LogP contribution in [-0.4, -0.2) is 37.2 Å². The van der Waals surface area contributed by atoms with Gasteiger partial charge in [-0.1, -0.05) is 30.0 Å². The van der Waals surface area contributed by atoms with Gasteiger partial charge in [-0.2, -0.15) is 0 Å². The van der Waals surface area contributed by atoms with Crippen LogP contribution < -0.4 is 5.32 Å². The van der Waals surface area contributed by atoms with Crippen molar-refractivity contribution in [2.45, 2.75) is 25.2 Å². The molecule has 104 valence electrons. The Hall–Kier alpha value is -2.32. The standard InChI is InChI=1S/C15H15NO4/c1-10(17)20-12(13-14(19-2)15(18)16-13)9-8-11-6-4-3-5-7-11/h3-7,12-14H,1-2H3,(H,16,18). The summed E-state index contributed by atoms with van der Waals surface area (Å²) in [5, 5.41) is 2.64. The molecule has 1 heterocycles. The molecule has 3 unspecified atom stereocenters. The zero-order chi connectivity index (χ0) is 14.5. The van der Waals surface area contributed by atoms with Gasteiger partial charge >= 0.3 is 5.97 Å². The highest BCUT2D eigenvalue weighted by atomic mass is 16.5. The van der Waals surface area contributed by atoms with Crippen LogP contribution in [0.4, 0.5) is 0 Å². The van der Waals surface area contributed by atoms with Gasteiger partial charge in [-0.3, -0.25) is 9.59 Å². The van der Waals surface area contributed by atoms with E-state index in [9.17, 15) is 9.59 Å². The fourth-order valence-electron chi connectivity index (χ4n) is 1.92. The number of carbonyl (C=O) groups is 2. The number of rotatable bonds is 3. The Morgan fingerprint density at radius 2 is 2.05 bits per heavy atom. The highest BCUT2D eigenvalue weighted by Gasteiger charge is 2.45. The first-order valence-corrected chi connectivity index (χ1v) is 6.19. The normalized spacial score (nSPS) is 21.8. The summed E-state index contributed by atoms with van der Waals surface area (Å²) in [7, 11) is 1.44. The molecule has 0 bridgehead atoms. The van der Waals surface area contributed by atoms with Gasteiger partial charge in [0.15, 0.2) is 12.2 Å². The Labute approximate surface area is 117 Å². The predicted octanol–water partition coefficient (Wildman–Crippen LogP) is 0.483. The second kappa shape index (κ2) is 6.22. The molecule has 5 nitrogen and oxygen atoms in total. The lowest BCUT2D eigenvalue weighted by atomic mass is 9.96. The van der Waals surface area contributed by atoms with Crippen LogP contribution in [0.5, 0.6) is 0 Å². The first-order valence-electron chi connectivity index (χ1n) is 6.19. The smallest absolute Gasteiger partial charge is 0.303 e. The van der Waals surface area contributed by atoms with Crippen molar-refractivity contribution in [1.29, 1.82) is 0 Å². The van der Waals surface area contributed by atoms with Crippen LogP contribution in [0.3, 0.4) is 0 Å². The molecule has 0 radical (unpaired) electrons. The third kappa shape index (κ3) is 3.16. The van der Waals surface area contributed by atoms with Crippen molar-refractivity contribution in [2.75, 3.05) is 7.11 Å². The maximum absolute atomic E-state index is 11.3. The summed E-state index contributed by atoms with van der Waals surface area (Å²) < 4.78 is 10.2. The number of methoxy groups -OCH3 is 1. The van der Waals surface area contributed by atoms with E-state index in [-0.39, 0.29) is 5.91 Å². The number of esters is 1. The van der Waals surface area contributed by atoms with Crippen LogP contribution in [0, 0.1) is 11.8 Å². The van der Waals surface area contributed by atoms with Gasteiger partial charge in [-0.15, -0.1) is 0 Å². The predicted molar refractivity (Wildman–Crippen MR) is 71.6 cm³/mol. The number of carbonyl (C=O) groups excluding carboxylic acids is 2. The van der Waals surface area contributed by atoms with E-state index in [2.05, 4.69) is 17.2 Å². The largest absolute Gasteiger partial charge is 0.447 e. The summed E-state index contributed by atoms with van der Waals surface area (Å²) in [6, 6.07) is 8.90. The van der Waals surface area contributed by atoms with Crippen molar-refractivity contribution in [2.24, 2.45) is 0 Å². The molecule has 0 saturated carbocycles. The summed E-state index contributed by atoms with van der Waals surface area (Å²) in [6.07, 6.45) is -1.36. The van der Waals surface area contributed by atoms with E-state index in [4.69, 9.17) is 9.47 Å². The Bertz CT molecular complexity index is 558. The topological polar surface area (TPSA) is 64.6 Å². The highest BCUT2D eigenvalue weighted by molar-refractivity contribution is 5.88. The molecule has 1 fully saturated rings. The number of amides is 1. The van der Waals surface area contributed by atoms with E-state index >= 15 is 0 Å². The van der Waals surface area contributed by atoms with E-state index in [1.54, 1.807) is 0 Å². The number of benzene rings is 1. The first-order chi connectivity index (χ1) is 9.61. The van der Waals surface area contributed by atoms with Gasteiger partial charge in [0.2, 0.25) is 0 Å². The maximum atomic E-state index is 11.3. The molecule has 1 N–H and O–H groups in total. The van der Waals surface area contributed by atoms with Gasteiger partial charge in [0.25, 0.3) is 5.91 Å². The van der Waals surface area contributed by atoms with Gasteiger partial charge in [0.1, 0.15) is 6.04 Å². The summed E-state index contributed by atoms with van der Waals surface area (Å²) in [5.74, 6) is 5.11. The Morgan fingerprint density at radius 3 is 2.60 bits per heavy atom. The lowest BCUT2D eigenvalue weighted by Gasteiger charge is -2.37. The summed E-state index contributed by atoms with van der Waals surface area (Å²) in [5.41, 5.74) is 0.810. The summed E-state index contributed by atoms with van der Waals surface area (Å²) in [4.78, 5) is 22.5. The lowest BCUT2D eigenvalue weighted by molar-refractivity contribution is -0.159. The Morgan fingerprint density at radius 1 is 1.35 bits per heavy atom. The van der Waals surface area contributed by atoms with E-state index in [1.165, 1.54) is 14.0 Å². The average Bonchev–Trinajstić information content (AvgIpc) is 2.42. The SMILES string of the molecule is COC1C(=O)NC1C(C#Cc1ccccc1)OC(C)=O. The molecule has 0 spiro atoms. The van der Waals surface area contributed by atoms with Crippen LogP contribution in [0.25, 0.3) is 0 Å². The van der Waals surface area contributed by atoms with E-state index in [1.807, 2.05) is 30.3 Å². The molecule has 1 aliphatic heterocycles. The van der Waals surface area contributed by atoms with Crippen molar-refractivity contribution < 1.29 is 19.1 Å². The van der Waals surface area contributed by atoms with Crippen molar-refractivity contribution in [1.82, 2.24) is 5.32 Å². The van der Waals surface area contributed by atoms with Crippen LogP contribution in [0.2, 0.25) is 0 Å². The van der Waals surface area contributed by atoms with Crippen molar-refractivity contribution in [3.05, 3.63) is 35.9 Å². The van der Waals surface area contributed by atoms with Crippen LogP contribution >= 0.6 is 0 Å². The molecule has 2 rings (SSSR count). The molecule has 1 amide bonds. The maximum Gasteiger partial charge on any atom is 0.303 e. The molecule has 3 atom stereocenters. The third-order valence-electron chi connectivity index (χ3n) is 2.90. The Balaban J connectivity index is 2.15. The molecular weight excluding hydrogens is 258 g/mol. The van der Waals surface area contributed by atoms with E-state index < -0.39 is 24.2 Å². The minimum absolute atomic E-state index is 0.226. The molecule has 0 aliphatic carbocycles. The summed E-state index contributed by atoms with van der Waals surface area (Å²) >= 11 is 0. The van der Waals surface area contributed by atoms with E-state index in [0.29, 0.717) is 0 Å². The monoisotopic (exact) mass is 273 g/mol.